The molecule has 0 saturated heterocycles. The average Bonchev–Trinajstić information content (AvgIpc) is 3.63. The highest BCUT2D eigenvalue weighted by atomic mass is 14.5. The summed E-state index contributed by atoms with van der Waals surface area (Å²) in [6.07, 6.45) is 2.11. The quantitative estimate of drug-likeness (QED) is 0.150. The Kier molecular flexibility index (Phi) is 15.3. The second-order valence-electron chi connectivity index (χ2n) is 17.0. The molecule has 0 aromatic heterocycles. The zero-order valence-electron chi connectivity index (χ0n) is 40.3. The molecule has 2 aliphatic rings. The first-order chi connectivity index (χ1) is 31.9. The van der Waals surface area contributed by atoms with Gasteiger partial charge in [0, 0.05) is 11.8 Å². The molecule has 0 N–H and O–H groups in total. The van der Waals surface area contributed by atoms with Gasteiger partial charge >= 0.3 is 0 Å². The molecule has 0 bridgehead atoms. The van der Waals surface area contributed by atoms with Crippen molar-refractivity contribution in [1.29, 1.82) is 0 Å². The van der Waals surface area contributed by atoms with Crippen molar-refractivity contribution in [2.24, 2.45) is 0 Å². The SMILES string of the molecule is CC.CC.CC/C(=C(/C)c1ccc(-c2ccccc2)cc1)C(C)c1ccccc1.CCc1ccc2c(c1)C1(c3ccccc3-2)c2ccccc2C(C)C(c2ccccc2)c2ccccc21. The summed E-state index contributed by atoms with van der Waals surface area (Å²) in [4.78, 5) is 0. The average molecular weight is 849 g/mol. The molecular weight excluding hydrogens is 781 g/mol. The first-order valence-corrected chi connectivity index (χ1v) is 24.3. The fraction of sp³-hybridized carbons (Fsp3) is 0.231. The number of benzene rings is 8. The minimum atomic E-state index is -0.331. The van der Waals surface area contributed by atoms with E-state index in [1.807, 2.05) is 27.7 Å². The van der Waals surface area contributed by atoms with E-state index in [0.717, 1.165) is 12.8 Å². The van der Waals surface area contributed by atoms with Gasteiger partial charge in [-0.1, -0.05) is 267 Å². The monoisotopic (exact) mass is 849 g/mol. The van der Waals surface area contributed by atoms with Crippen LogP contribution in [0.15, 0.2) is 212 Å². The van der Waals surface area contributed by atoms with Crippen LogP contribution in [-0.2, 0) is 11.8 Å². The van der Waals surface area contributed by atoms with Gasteiger partial charge in [-0.25, -0.2) is 0 Å². The van der Waals surface area contributed by atoms with Crippen LogP contribution in [0.1, 0.15) is 142 Å². The number of fused-ring (bicyclic) bond motifs is 9. The van der Waals surface area contributed by atoms with E-state index in [9.17, 15) is 0 Å². The van der Waals surface area contributed by atoms with E-state index in [-0.39, 0.29) is 11.3 Å². The third kappa shape index (κ3) is 8.85. The predicted octanol–water partition coefficient (Wildman–Crippen LogP) is 18.3. The Morgan fingerprint density at radius 2 is 0.985 bits per heavy atom. The summed E-state index contributed by atoms with van der Waals surface area (Å²) in [6, 6.07) is 76.3. The molecule has 0 aliphatic heterocycles. The second-order valence-corrected chi connectivity index (χ2v) is 17.0. The van der Waals surface area contributed by atoms with Crippen LogP contribution in [0.2, 0.25) is 0 Å². The Bertz CT molecular complexity index is 2790. The lowest BCUT2D eigenvalue weighted by atomic mass is 9.65. The molecule has 8 aromatic carbocycles. The Morgan fingerprint density at radius 3 is 1.60 bits per heavy atom. The third-order valence-electron chi connectivity index (χ3n) is 13.8. The van der Waals surface area contributed by atoms with Crippen molar-refractivity contribution in [2.75, 3.05) is 0 Å². The molecule has 0 fully saturated rings. The van der Waals surface area contributed by atoms with Crippen LogP contribution in [0.4, 0.5) is 0 Å². The van der Waals surface area contributed by atoms with Gasteiger partial charge in [-0.2, -0.15) is 0 Å². The number of rotatable bonds is 7. The van der Waals surface area contributed by atoms with Crippen LogP contribution in [0.5, 0.6) is 0 Å². The smallest absolute Gasteiger partial charge is 0.0683 e. The lowest BCUT2D eigenvalue weighted by Crippen LogP contribution is -2.30. The van der Waals surface area contributed by atoms with Crippen molar-refractivity contribution >= 4 is 5.57 Å². The maximum Gasteiger partial charge on any atom is 0.0719 e. The molecule has 0 nitrogen and oxygen atoms in total. The highest BCUT2D eigenvalue weighted by Gasteiger charge is 2.51. The molecule has 1 spiro atoms. The van der Waals surface area contributed by atoms with Gasteiger partial charge in [0.2, 0.25) is 0 Å². The maximum atomic E-state index is 2.50. The summed E-state index contributed by atoms with van der Waals surface area (Å²) in [5.41, 5.74) is 21.9. The minimum Gasteiger partial charge on any atom is -0.0683 e. The van der Waals surface area contributed by atoms with Crippen LogP contribution in [0, 0.1) is 0 Å². The highest BCUT2D eigenvalue weighted by molar-refractivity contribution is 5.88. The molecule has 0 heterocycles. The maximum absolute atomic E-state index is 2.50. The summed E-state index contributed by atoms with van der Waals surface area (Å²) in [6.45, 7) is 19.5. The largest absolute Gasteiger partial charge is 0.0719 e. The van der Waals surface area contributed by atoms with Gasteiger partial charge in [0.1, 0.15) is 0 Å². The molecular formula is C65H68. The molecule has 0 amide bonds. The van der Waals surface area contributed by atoms with Crippen LogP contribution in [0.3, 0.4) is 0 Å². The van der Waals surface area contributed by atoms with Gasteiger partial charge in [-0.05, 0) is 109 Å². The van der Waals surface area contributed by atoms with Crippen molar-refractivity contribution in [3.8, 4) is 22.3 Å². The predicted molar refractivity (Wildman–Crippen MR) is 282 cm³/mol. The van der Waals surface area contributed by atoms with Crippen molar-refractivity contribution in [1.82, 2.24) is 0 Å². The number of hydrogen-bond acceptors (Lipinski definition) is 0. The normalized spacial score (nSPS) is 17.1. The fourth-order valence-corrected chi connectivity index (χ4v) is 10.8. The summed E-state index contributed by atoms with van der Waals surface area (Å²) in [5, 5.41) is 0. The molecule has 4 atom stereocenters. The lowest BCUT2D eigenvalue weighted by molar-refractivity contribution is 0.660. The number of allylic oxidation sites excluding steroid dienone is 2. The molecule has 10 rings (SSSR count). The molecule has 4 unspecified atom stereocenters. The molecule has 65 heavy (non-hydrogen) atoms. The van der Waals surface area contributed by atoms with E-state index < -0.39 is 0 Å². The molecule has 328 valence electrons. The van der Waals surface area contributed by atoms with Crippen molar-refractivity contribution < 1.29 is 0 Å². The Morgan fingerprint density at radius 1 is 0.492 bits per heavy atom. The van der Waals surface area contributed by atoms with E-state index in [0.29, 0.717) is 11.8 Å². The highest BCUT2D eigenvalue weighted by Crippen LogP contribution is 2.61. The van der Waals surface area contributed by atoms with Gasteiger partial charge in [0.05, 0.1) is 5.41 Å². The first kappa shape index (κ1) is 46.5. The zero-order chi connectivity index (χ0) is 45.9. The standard InChI is InChI=1S/C36H30.C25H26.2C2H6/c1-3-25-21-22-29-28-16-8-11-19-32(28)36(34(29)23-25)31-18-10-7-15-27(31)24(2)35(26-13-5-4-6-14-26)30-17-9-12-20-33(30)36;1-4-25(19(2)21-11-7-5-8-12-21)20(3)22-15-17-24(18-16-22)23-13-9-6-10-14-23;2*1-2/h4-24,35H,3H2,1-2H3;5-19H,4H2,1-3H3;2*1-2H3/b;25-20+;;. The Balaban J connectivity index is 0.000000191. The van der Waals surface area contributed by atoms with Gasteiger partial charge in [-0.3, -0.25) is 0 Å². The van der Waals surface area contributed by atoms with Gasteiger partial charge < -0.3 is 0 Å². The molecule has 0 heteroatoms. The Hall–Kier alpha value is -6.50. The fourth-order valence-electron chi connectivity index (χ4n) is 10.8. The van der Waals surface area contributed by atoms with E-state index in [1.165, 1.54) is 89.0 Å². The topological polar surface area (TPSA) is 0 Å². The molecule has 0 saturated carbocycles. The summed E-state index contributed by atoms with van der Waals surface area (Å²) < 4.78 is 0. The van der Waals surface area contributed by atoms with E-state index in [4.69, 9.17) is 0 Å². The summed E-state index contributed by atoms with van der Waals surface area (Å²) in [5.74, 6) is 1.07. The summed E-state index contributed by atoms with van der Waals surface area (Å²) >= 11 is 0. The van der Waals surface area contributed by atoms with E-state index >= 15 is 0 Å². The van der Waals surface area contributed by atoms with E-state index in [1.54, 1.807) is 0 Å². The minimum absolute atomic E-state index is 0.286. The Labute approximate surface area is 391 Å². The van der Waals surface area contributed by atoms with Gasteiger partial charge in [-0.15, -0.1) is 0 Å². The molecule has 0 radical (unpaired) electrons. The summed E-state index contributed by atoms with van der Waals surface area (Å²) in [7, 11) is 0. The van der Waals surface area contributed by atoms with E-state index in [2.05, 4.69) is 241 Å². The van der Waals surface area contributed by atoms with Crippen LogP contribution >= 0.6 is 0 Å². The molecule has 8 aromatic rings. The van der Waals surface area contributed by atoms with Crippen LogP contribution in [0.25, 0.3) is 27.8 Å². The molecule has 2 aliphatic carbocycles. The van der Waals surface area contributed by atoms with Crippen molar-refractivity contribution in [3.63, 3.8) is 0 Å². The van der Waals surface area contributed by atoms with Gasteiger partial charge in [0.15, 0.2) is 0 Å². The van der Waals surface area contributed by atoms with Crippen molar-refractivity contribution in [3.05, 3.63) is 267 Å². The first-order valence-electron chi connectivity index (χ1n) is 24.3. The third-order valence-corrected chi connectivity index (χ3v) is 13.8. The van der Waals surface area contributed by atoms with Crippen molar-refractivity contribution in [2.45, 2.75) is 98.3 Å². The number of hydrogen-bond donors (Lipinski definition) is 0. The zero-order valence-corrected chi connectivity index (χ0v) is 40.3. The second kappa shape index (κ2) is 21.5. The van der Waals surface area contributed by atoms with Crippen LogP contribution in [-0.4, -0.2) is 0 Å². The number of aryl methyl sites for hydroxylation is 1. The van der Waals surface area contributed by atoms with Crippen LogP contribution < -0.4 is 0 Å². The van der Waals surface area contributed by atoms with Gasteiger partial charge in [0.25, 0.3) is 0 Å². The lowest BCUT2D eigenvalue weighted by Gasteiger charge is -2.35.